The Balaban J connectivity index is 1.54. The van der Waals surface area contributed by atoms with E-state index < -0.39 is 0 Å². The molecule has 1 aromatic carbocycles. The number of nitrogens with zero attached hydrogens (tertiary/aromatic N) is 3. The Labute approximate surface area is 129 Å². The number of hydrogen-bond acceptors (Lipinski definition) is 2. The van der Waals surface area contributed by atoms with Gasteiger partial charge in [-0.25, -0.2) is 0 Å². The maximum atomic E-state index is 12.3. The Morgan fingerprint density at radius 3 is 2.57 bits per heavy atom. The van der Waals surface area contributed by atoms with Gasteiger partial charge in [-0.3, -0.25) is 9.48 Å². The minimum absolute atomic E-state index is 0.191. The van der Waals surface area contributed by atoms with E-state index in [0.717, 1.165) is 31.5 Å². The minimum atomic E-state index is 0.191. The van der Waals surface area contributed by atoms with Crippen LogP contribution in [0.5, 0.6) is 0 Å². The lowest BCUT2D eigenvalue weighted by molar-refractivity contribution is -0.131. The number of carbonyl (C=O) groups is 1. The predicted octanol–water partition coefficient (Wildman–Crippen LogP) is 2.94. The number of rotatable bonds is 3. The first-order valence-electron chi connectivity index (χ1n) is 7.24. The van der Waals surface area contributed by atoms with E-state index in [0.29, 0.717) is 17.5 Å². The van der Waals surface area contributed by atoms with Gasteiger partial charge < -0.3 is 4.90 Å². The van der Waals surface area contributed by atoms with Crippen molar-refractivity contribution in [2.75, 3.05) is 13.1 Å². The fourth-order valence-corrected chi connectivity index (χ4v) is 2.89. The summed E-state index contributed by atoms with van der Waals surface area (Å²) in [4.78, 5) is 14.3. The van der Waals surface area contributed by atoms with Gasteiger partial charge in [0.1, 0.15) is 0 Å². The molecule has 0 saturated carbocycles. The van der Waals surface area contributed by atoms with Crippen LogP contribution >= 0.6 is 11.6 Å². The number of hydrogen-bond donors (Lipinski definition) is 0. The molecule has 0 bridgehead atoms. The quantitative estimate of drug-likeness (QED) is 0.874. The lowest BCUT2D eigenvalue weighted by Gasteiger charge is -2.32. The summed E-state index contributed by atoms with van der Waals surface area (Å²) < 4.78 is 2.00. The lowest BCUT2D eigenvalue weighted by Crippen LogP contribution is -2.39. The summed E-state index contributed by atoms with van der Waals surface area (Å²) in [6.45, 7) is 1.61. The molecule has 0 atom stereocenters. The smallest absolute Gasteiger partial charge is 0.226 e. The Bertz CT molecular complexity index is 586. The third-order valence-corrected chi connectivity index (χ3v) is 4.24. The molecule has 2 heterocycles. The summed E-state index contributed by atoms with van der Waals surface area (Å²) in [7, 11) is 0. The Hall–Kier alpha value is -1.81. The second-order valence-electron chi connectivity index (χ2n) is 5.40. The second kappa shape index (κ2) is 6.31. The van der Waals surface area contributed by atoms with Crippen molar-refractivity contribution in [1.29, 1.82) is 0 Å². The molecule has 0 N–H and O–H groups in total. The fraction of sp³-hybridized carbons (Fsp3) is 0.375. The van der Waals surface area contributed by atoms with Crippen molar-refractivity contribution in [1.82, 2.24) is 14.7 Å². The first-order chi connectivity index (χ1) is 10.2. The number of likely N-dealkylation sites (tertiary alicyclic amines) is 1. The molecule has 0 spiro atoms. The summed E-state index contributed by atoms with van der Waals surface area (Å²) in [5, 5.41) is 4.99. The summed E-state index contributed by atoms with van der Waals surface area (Å²) in [6, 6.07) is 9.84. The van der Waals surface area contributed by atoms with Crippen LogP contribution in [0.2, 0.25) is 5.02 Å². The van der Waals surface area contributed by atoms with Gasteiger partial charge in [-0.15, -0.1) is 0 Å². The molecule has 1 amide bonds. The van der Waals surface area contributed by atoms with Crippen molar-refractivity contribution in [2.24, 2.45) is 0 Å². The van der Waals surface area contributed by atoms with E-state index >= 15 is 0 Å². The zero-order valence-corrected chi connectivity index (χ0v) is 12.5. The molecule has 1 saturated heterocycles. The average Bonchev–Trinajstić information content (AvgIpc) is 3.04. The van der Waals surface area contributed by atoms with Gasteiger partial charge in [0.2, 0.25) is 5.91 Å². The van der Waals surface area contributed by atoms with Crippen LogP contribution in [0.3, 0.4) is 0 Å². The first kappa shape index (κ1) is 14.1. The largest absolute Gasteiger partial charge is 0.342 e. The Kier molecular flexibility index (Phi) is 4.25. The van der Waals surface area contributed by atoms with Crippen LogP contribution < -0.4 is 0 Å². The first-order valence-corrected chi connectivity index (χ1v) is 7.61. The van der Waals surface area contributed by atoms with Crippen molar-refractivity contribution in [3.8, 4) is 0 Å². The topological polar surface area (TPSA) is 38.1 Å². The highest BCUT2D eigenvalue weighted by atomic mass is 35.5. The van der Waals surface area contributed by atoms with Gasteiger partial charge in [0.25, 0.3) is 0 Å². The molecule has 1 aliphatic heterocycles. The van der Waals surface area contributed by atoms with Gasteiger partial charge in [0.15, 0.2) is 0 Å². The standard InChI is InChI=1S/C16H18ClN3O/c17-14-4-2-13(3-5-14)12-16(21)19-10-6-15(7-11-19)20-9-1-8-18-20/h1-5,8-9,15H,6-7,10-12H2. The van der Waals surface area contributed by atoms with Crippen molar-refractivity contribution in [2.45, 2.75) is 25.3 Å². The third kappa shape index (κ3) is 3.45. The fourth-order valence-electron chi connectivity index (χ4n) is 2.77. The molecule has 110 valence electrons. The number of piperidine rings is 1. The third-order valence-electron chi connectivity index (χ3n) is 3.98. The van der Waals surface area contributed by atoms with Crippen LogP contribution in [0.1, 0.15) is 24.4 Å². The normalized spacial score (nSPS) is 16.1. The molecule has 3 rings (SSSR count). The molecule has 0 radical (unpaired) electrons. The van der Waals surface area contributed by atoms with Crippen molar-refractivity contribution in [3.05, 3.63) is 53.3 Å². The summed E-state index contributed by atoms with van der Waals surface area (Å²) in [5.41, 5.74) is 1.01. The highest BCUT2D eigenvalue weighted by Crippen LogP contribution is 2.22. The monoisotopic (exact) mass is 303 g/mol. The van der Waals surface area contributed by atoms with Gasteiger partial charge in [0.05, 0.1) is 12.5 Å². The molecule has 21 heavy (non-hydrogen) atoms. The molecule has 1 aliphatic rings. The summed E-state index contributed by atoms with van der Waals surface area (Å²) >= 11 is 5.86. The number of amides is 1. The van der Waals surface area contributed by atoms with E-state index in [4.69, 9.17) is 11.6 Å². The molecule has 5 heteroatoms. The number of halogens is 1. The summed E-state index contributed by atoms with van der Waals surface area (Å²) in [5.74, 6) is 0.191. The lowest BCUT2D eigenvalue weighted by atomic mass is 10.0. The van der Waals surface area contributed by atoms with Crippen LogP contribution in [0.15, 0.2) is 42.7 Å². The van der Waals surface area contributed by atoms with E-state index in [1.807, 2.05) is 46.1 Å². The van der Waals surface area contributed by atoms with Gasteiger partial charge >= 0.3 is 0 Å². The van der Waals surface area contributed by atoms with Crippen LogP contribution in [0.4, 0.5) is 0 Å². The van der Waals surface area contributed by atoms with Crippen LogP contribution in [0.25, 0.3) is 0 Å². The number of aromatic nitrogens is 2. The highest BCUT2D eigenvalue weighted by molar-refractivity contribution is 6.30. The van der Waals surface area contributed by atoms with E-state index in [1.54, 1.807) is 6.20 Å². The SMILES string of the molecule is O=C(Cc1ccc(Cl)cc1)N1CCC(n2cccn2)CC1. The zero-order valence-electron chi connectivity index (χ0n) is 11.8. The molecular formula is C16H18ClN3O. The Morgan fingerprint density at radius 2 is 1.95 bits per heavy atom. The maximum Gasteiger partial charge on any atom is 0.226 e. The predicted molar refractivity (Wildman–Crippen MR) is 82.2 cm³/mol. The molecule has 2 aromatic rings. The van der Waals surface area contributed by atoms with Gasteiger partial charge in [0, 0.05) is 30.5 Å². The number of carbonyl (C=O) groups excluding carboxylic acids is 1. The maximum absolute atomic E-state index is 12.3. The van der Waals surface area contributed by atoms with Gasteiger partial charge in [-0.1, -0.05) is 23.7 Å². The minimum Gasteiger partial charge on any atom is -0.342 e. The molecular weight excluding hydrogens is 286 g/mol. The Morgan fingerprint density at radius 1 is 1.24 bits per heavy atom. The van der Waals surface area contributed by atoms with E-state index in [2.05, 4.69) is 5.10 Å². The molecule has 0 aliphatic carbocycles. The van der Waals surface area contributed by atoms with Crippen molar-refractivity contribution < 1.29 is 4.79 Å². The van der Waals surface area contributed by atoms with Crippen LogP contribution in [-0.4, -0.2) is 33.7 Å². The van der Waals surface area contributed by atoms with E-state index in [9.17, 15) is 4.79 Å². The van der Waals surface area contributed by atoms with E-state index in [1.165, 1.54) is 0 Å². The molecule has 1 fully saturated rings. The van der Waals surface area contributed by atoms with Crippen LogP contribution in [0, 0.1) is 0 Å². The molecule has 4 nitrogen and oxygen atoms in total. The van der Waals surface area contributed by atoms with Crippen molar-refractivity contribution in [3.63, 3.8) is 0 Å². The van der Waals surface area contributed by atoms with Gasteiger partial charge in [-0.2, -0.15) is 5.10 Å². The average molecular weight is 304 g/mol. The second-order valence-corrected chi connectivity index (χ2v) is 5.84. The highest BCUT2D eigenvalue weighted by Gasteiger charge is 2.23. The van der Waals surface area contributed by atoms with E-state index in [-0.39, 0.29) is 5.91 Å². The van der Waals surface area contributed by atoms with Crippen molar-refractivity contribution >= 4 is 17.5 Å². The number of benzene rings is 1. The van der Waals surface area contributed by atoms with Crippen LogP contribution in [-0.2, 0) is 11.2 Å². The molecule has 1 aromatic heterocycles. The summed E-state index contributed by atoms with van der Waals surface area (Å²) in [6.07, 6.45) is 6.18. The zero-order chi connectivity index (χ0) is 14.7. The molecule has 0 unspecified atom stereocenters. The van der Waals surface area contributed by atoms with Gasteiger partial charge in [-0.05, 0) is 36.6 Å².